The van der Waals surface area contributed by atoms with Crippen LogP contribution in [0.5, 0.6) is 5.75 Å². The number of para-hydroxylation sites is 1. The van der Waals surface area contributed by atoms with Crippen molar-refractivity contribution >= 4 is 11.8 Å². The molecular formula is C22H23F3N2O3. The lowest BCUT2D eigenvalue weighted by atomic mass is 9.80. The molecule has 0 heterocycles. The summed E-state index contributed by atoms with van der Waals surface area (Å²) in [6, 6.07) is 16.7. The first-order valence-electron chi connectivity index (χ1n) is 9.77. The molecular weight excluding hydrogens is 397 g/mol. The minimum Gasteiger partial charge on any atom is -0.483 e. The summed E-state index contributed by atoms with van der Waals surface area (Å²) >= 11 is 0. The molecule has 1 aliphatic rings. The van der Waals surface area contributed by atoms with Gasteiger partial charge in [-0.2, -0.15) is 13.2 Å². The lowest BCUT2D eigenvalue weighted by Crippen LogP contribution is -2.47. The first-order chi connectivity index (χ1) is 14.3. The van der Waals surface area contributed by atoms with E-state index in [1.807, 2.05) is 42.5 Å². The van der Waals surface area contributed by atoms with Crippen molar-refractivity contribution in [3.05, 3.63) is 54.6 Å². The molecule has 3 rings (SSSR count). The Kier molecular flexibility index (Phi) is 6.97. The fourth-order valence-electron chi connectivity index (χ4n) is 3.59. The van der Waals surface area contributed by atoms with Gasteiger partial charge in [0.15, 0.2) is 6.61 Å². The summed E-state index contributed by atoms with van der Waals surface area (Å²) in [7, 11) is 0. The number of hydrogen-bond donors (Lipinski definition) is 2. The molecule has 2 atom stereocenters. The van der Waals surface area contributed by atoms with E-state index in [0.29, 0.717) is 18.6 Å². The molecule has 2 aromatic rings. The van der Waals surface area contributed by atoms with E-state index in [-0.39, 0.29) is 19.4 Å². The molecule has 0 aromatic heterocycles. The van der Waals surface area contributed by atoms with E-state index < -0.39 is 29.8 Å². The standard InChI is InChI=1S/C22H23F3N2O3/c23-22(24,25)17-10-6-9-16(13-17)21(29)27-26-20(28)14-30-19-12-5-4-11-18(19)15-7-2-1-3-8-15/h1-5,7-8,11-12,16-17H,6,9-10,13-14H2,(H,26,28)(H,27,29)/t16-,17+/m0/s1. The van der Waals surface area contributed by atoms with Crippen LogP contribution in [-0.4, -0.2) is 24.6 Å². The van der Waals surface area contributed by atoms with Gasteiger partial charge in [-0.1, -0.05) is 55.0 Å². The largest absolute Gasteiger partial charge is 0.483 e. The number of amides is 2. The van der Waals surface area contributed by atoms with Crippen molar-refractivity contribution in [2.24, 2.45) is 11.8 Å². The van der Waals surface area contributed by atoms with Gasteiger partial charge in [0.2, 0.25) is 5.91 Å². The van der Waals surface area contributed by atoms with Gasteiger partial charge in [0.1, 0.15) is 5.75 Å². The molecule has 2 amide bonds. The van der Waals surface area contributed by atoms with Gasteiger partial charge >= 0.3 is 6.18 Å². The number of carbonyl (C=O) groups excluding carboxylic acids is 2. The number of hydrogen-bond acceptors (Lipinski definition) is 3. The highest BCUT2D eigenvalue weighted by Crippen LogP contribution is 2.39. The Bertz CT molecular complexity index is 871. The van der Waals surface area contributed by atoms with Crippen molar-refractivity contribution in [3.63, 3.8) is 0 Å². The van der Waals surface area contributed by atoms with Crippen molar-refractivity contribution in [1.29, 1.82) is 0 Å². The van der Waals surface area contributed by atoms with Gasteiger partial charge in [-0.05, 0) is 30.9 Å². The molecule has 0 spiro atoms. The molecule has 2 aromatic carbocycles. The SMILES string of the molecule is O=C(COc1ccccc1-c1ccccc1)NNC(=O)[C@H]1CCC[C@@H](C(F)(F)F)C1. The lowest BCUT2D eigenvalue weighted by Gasteiger charge is -2.29. The summed E-state index contributed by atoms with van der Waals surface area (Å²) in [5, 5.41) is 0. The Labute approximate surface area is 172 Å². The van der Waals surface area contributed by atoms with E-state index in [4.69, 9.17) is 4.74 Å². The van der Waals surface area contributed by atoms with Crippen LogP contribution >= 0.6 is 0 Å². The highest BCUT2D eigenvalue weighted by Gasteiger charge is 2.43. The lowest BCUT2D eigenvalue weighted by molar-refractivity contribution is -0.186. The Morgan fingerprint density at radius 3 is 2.40 bits per heavy atom. The summed E-state index contributed by atoms with van der Waals surface area (Å²) in [4.78, 5) is 24.2. The maximum atomic E-state index is 12.9. The molecule has 1 fully saturated rings. The number of nitrogens with one attached hydrogen (secondary N) is 2. The number of alkyl halides is 3. The quantitative estimate of drug-likeness (QED) is 0.711. The zero-order valence-corrected chi connectivity index (χ0v) is 16.2. The molecule has 1 saturated carbocycles. The zero-order chi connectivity index (χ0) is 21.6. The third-order valence-corrected chi connectivity index (χ3v) is 5.16. The molecule has 0 unspecified atom stereocenters. The maximum absolute atomic E-state index is 12.9. The summed E-state index contributed by atoms with van der Waals surface area (Å²) < 4.78 is 44.3. The Hall–Kier alpha value is -3.03. The van der Waals surface area contributed by atoms with E-state index in [1.54, 1.807) is 12.1 Å². The first kappa shape index (κ1) is 21.7. The van der Waals surface area contributed by atoms with E-state index in [2.05, 4.69) is 10.9 Å². The van der Waals surface area contributed by atoms with Crippen LogP contribution in [-0.2, 0) is 9.59 Å². The summed E-state index contributed by atoms with van der Waals surface area (Å²) in [5.74, 6) is -2.96. The molecule has 5 nitrogen and oxygen atoms in total. The molecule has 30 heavy (non-hydrogen) atoms. The Morgan fingerprint density at radius 2 is 1.67 bits per heavy atom. The Morgan fingerprint density at radius 1 is 0.967 bits per heavy atom. The molecule has 0 radical (unpaired) electrons. The van der Waals surface area contributed by atoms with Crippen molar-refractivity contribution in [2.75, 3.05) is 6.61 Å². The molecule has 0 saturated heterocycles. The third kappa shape index (κ3) is 5.75. The van der Waals surface area contributed by atoms with E-state index in [9.17, 15) is 22.8 Å². The molecule has 0 bridgehead atoms. The van der Waals surface area contributed by atoms with Gasteiger partial charge in [0.05, 0.1) is 5.92 Å². The maximum Gasteiger partial charge on any atom is 0.391 e. The van der Waals surface area contributed by atoms with Crippen molar-refractivity contribution in [3.8, 4) is 16.9 Å². The van der Waals surface area contributed by atoms with Gasteiger partial charge in [0.25, 0.3) is 5.91 Å². The van der Waals surface area contributed by atoms with Crippen LogP contribution in [0.3, 0.4) is 0 Å². The Balaban J connectivity index is 1.50. The minimum atomic E-state index is -4.30. The van der Waals surface area contributed by atoms with Crippen LogP contribution < -0.4 is 15.6 Å². The van der Waals surface area contributed by atoms with Crippen LogP contribution in [0.15, 0.2) is 54.6 Å². The fraction of sp³-hybridized carbons (Fsp3) is 0.364. The molecule has 0 aliphatic heterocycles. The normalized spacial score (nSPS) is 19.0. The second-order valence-corrected chi connectivity index (χ2v) is 7.29. The van der Waals surface area contributed by atoms with Crippen molar-refractivity contribution < 1.29 is 27.5 Å². The average molecular weight is 420 g/mol. The number of carbonyl (C=O) groups is 2. The van der Waals surface area contributed by atoms with Crippen LogP contribution in [0, 0.1) is 11.8 Å². The topological polar surface area (TPSA) is 67.4 Å². The summed E-state index contributed by atoms with van der Waals surface area (Å²) in [6.45, 7) is -0.347. The molecule has 2 N–H and O–H groups in total. The van der Waals surface area contributed by atoms with Crippen molar-refractivity contribution in [2.45, 2.75) is 31.9 Å². The van der Waals surface area contributed by atoms with Gasteiger partial charge in [-0.25, -0.2) is 0 Å². The van der Waals surface area contributed by atoms with Gasteiger partial charge in [-0.3, -0.25) is 20.4 Å². The zero-order valence-electron chi connectivity index (χ0n) is 16.2. The van der Waals surface area contributed by atoms with E-state index in [0.717, 1.165) is 11.1 Å². The minimum absolute atomic E-state index is 0.0360. The number of benzene rings is 2. The first-order valence-corrected chi connectivity index (χ1v) is 9.77. The number of halogens is 3. The smallest absolute Gasteiger partial charge is 0.391 e. The van der Waals surface area contributed by atoms with Gasteiger partial charge in [-0.15, -0.1) is 0 Å². The molecule has 160 valence electrons. The predicted octanol–water partition coefficient (Wildman–Crippen LogP) is 4.25. The number of rotatable bonds is 5. The van der Waals surface area contributed by atoms with Crippen molar-refractivity contribution in [1.82, 2.24) is 10.9 Å². The number of hydrazine groups is 1. The second-order valence-electron chi connectivity index (χ2n) is 7.29. The number of ether oxygens (including phenoxy) is 1. The van der Waals surface area contributed by atoms with Crippen LogP contribution in [0.4, 0.5) is 13.2 Å². The third-order valence-electron chi connectivity index (χ3n) is 5.16. The highest BCUT2D eigenvalue weighted by atomic mass is 19.4. The summed E-state index contributed by atoms with van der Waals surface area (Å²) in [6.07, 6.45) is -3.83. The fourth-order valence-corrected chi connectivity index (χ4v) is 3.59. The molecule has 8 heteroatoms. The van der Waals surface area contributed by atoms with E-state index in [1.165, 1.54) is 0 Å². The van der Waals surface area contributed by atoms with Crippen LogP contribution in [0.2, 0.25) is 0 Å². The predicted molar refractivity (Wildman–Crippen MR) is 105 cm³/mol. The second kappa shape index (κ2) is 9.65. The monoisotopic (exact) mass is 420 g/mol. The van der Waals surface area contributed by atoms with Gasteiger partial charge in [0, 0.05) is 11.5 Å². The summed E-state index contributed by atoms with van der Waals surface area (Å²) in [5.41, 5.74) is 6.18. The molecule has 1 aliphatic carbocycles. The average Bonchev–Trinajstić information content (AvgIpc) is 2.76. The van der Waals surface area contributed by atoms with Gasteiger partial charge < -0.3 is 4.74 Å². The van der Waals surface area contributed by atoms with E-state index >= 15 is 0 Å². The van der Waals surface area contributed by atoms with Crippen LogP contribution in [0.1, 0.15) is 25.7 Å². The van der Waals surface area contributed by atoms with Crippen LogP contribution in [0.25, 0.3) is 11.1 Å². The highest BCUT2D eigenvalue weighted by molar-refractivity contribution is 5.84.